The van der Waals surface area contributed by atoms with Crippen LogP contribution in [0.25, 0.3) is 0 Å². The summed E-state index contributed by atoms with van der Waals surface area (Å²) in [5, 5.41) is 2.57. The number of rotatable bonds is 1. The quantitative estimate of drug-likeness (QED) is 0.579. The van der Waals surface area contributed by atoms with E-state index in [0.717, 1.165) is 0 Å². The van der Waals surface area contributed by atoms with Crippen LogP contribution in [0.3, 0.4) is 0 Å². The van der Waals surface area contributed by atoms with Gasteiger partial charge in [0.25, 0.3) is 5.24 Å². The molecular formula is C6H7NO2S. The summed E-state index contributed by atoms with van der Waals surface area (Å²) in [7, 11) is -2.02. The Kier molecular flexibility index (Phi) is 1.63. The lowest BCUT2D eigenvalue weighted by atomic mass is 10.6. The second-order valence-electron chi connectivity index (χ2n) is 1.83. The van der Waals surface area contributed by atoms with Crippen molar-refractivity contribution >= 4 is 20.9 Å². The van der Waals surface area contributed by atoms with Crippen LogP contribution in [-0.2, 0) is 4.79 Å². The molecule has 1 heterocycles. The van der Waals surface area contributed by atoms with Gasteiger partial charge in [0, 0.05) is 0 Å². The SMILES string of the molecule is NC(=O)S1(C=O)C=CC=C1. The van der Waals surface area contributed by atoms with Crippen molar-refractivity contribution in [1.29, 1.82) is 0 Å². The number of carbonyl (C=O) groups is 2. The van der Waals surface area contributed by atoms with Crippen molar-refractivity contribution in [2.24, 2.45) is 5.73 Å². The van der Waals surface area contributed by atoms with Crippen LogP contribution in [0, 0.1) is 0 Å². The van der Waals surface area contributed by atoms with Gasteiger partial charge in [-0.3, -0.25) is 9.59 Å². The molecule has 1 aliphatic rings. The van der Waals surface area contributed by atoms with Crippen molar-refractivity contribution in [2.75, 3.05) is 0 Å². The topological polar surface area (TPSA) is 60.2 Å². The van der Waals surface area contributed by atoms with E-state index in [2.05, 4.69) is 0 Å². The first kappa shape index (κ1) is 7.08. The van der Waals surface area contributed by atoms with Gasteiger partial charge in [0.2, 0.25) is 0 Å². The maximum atomic E-state index is 10.7. The summed E-state index contributed by atoms with van der Waals surface area (Å²) in [4.78, 5) is 21.1. The smallest absolute Gasteiger partial charge is 0.272 e. The number of amides is 1. The Morgan fingerprint density at radius 3 is 2.10 bits per heavy atom. The molecule has 0 saturated carbocycles. The van der Waals surface area contributed by atoms with Crippen molar-refractivity contribution in [3.05, 3.63) is 23.0 Å². The Bertz CT molecular complexity index is 220. The summed E-state index contributed by atoms with van der Waals surface area (Å²) in [5.74, 6) is 0. The second-order valence-corrected chi connectivity index (χ2v) is 4.50. The van der Waals surface area contributed by atoms with Gasteiger partial charge >= 0.3 is 0 Å². The fourth-order valence-corrected chi connectivity index (χ4v) is 1.93. The molecule has 0 radical (unpaired) electrons. The highest BCUT2D eigenvalue weighted by Gasteiger charge is 2.25. The number of carbonyl (C=O) groups excluding carboxylic acids is 2. The molecule has 0 atom stereocenters. The molecule has 3 nitrogen and oxygen atoms in total. The molecule has 0 bridgehead atoms. The molecule has 0 aromatic rings. The van der Waals surface area contributed by atoms with Crippen LogP contribution in [-0.4, -0.2) is 10.9 Å². The average molecular weight is 157 g/mol. The molecule has 0 aromatic carbocycles. The van der Waals surface area contributed by atoms with Gasteiger partial charge in [0.1, 0.15) is 0 Å². The van der Waals surface area contributed by atoms with Crippen LogP contribution < -0.4 is 5.73 Å². The first-order chi connectivity index (χ1) is 4.71. The summed E-state index contributed by atoms with van der Waals surface area (Å²) < 4.78 is 0. The highest BCUT2D eigenvalue weighted by molar-refractivity contribution is 8.58. The van der Waals surface area contributed by atoms with Gasteiger partial charge in [0.15, 0.2) is 5.62 Å². The molecule has 0 saturated heterocycles. The molecule has 0 aromatic heterocycles. The van der Waals surface area contributed by atoms with Gasteiger partial charge in [0.05, 0.1) is 0 Å². The minimum absolute atomic E-state index is 0.549. The standard InChI is InChI=1S/C6H7NO2S/c7-6(9)10(5-8)3-1-2-4-10/h1-5H,(H2,7,9). The van der Waals surface area contributed by atoms with Crippen LogP contribution >= 0.6 is 10.0 Å². The fourth-order valence-electron chi connectivity index (χ4n) is 0.642. The maximum Gasteiger partial charge on any atom is 0.272 e. The molecule has 0 aliphatic carbocycles. The molecular weight excluding hydrogens is 150 g/mol. The largest absolute Gasteiger partial charge is 0.361 e. The summed E-state index contributed by atoms with van der Waals surface area (Å²) >= 11 is 0. The lowest BCUT2D eigenvalue weighted by Crippen LogP contribution is -2.15. The van der Waals surface area contributed by atoms with Crippen LogP contribution in [0.15, 0.2) is 23.0 Å². The molecule has 0 spiro atoms. The van der Waals surface area contributed by atoms with Crippen molar-refractivity contribution in [2.45, 2.75) is 0 Å². The van der Waals surface area contributed by atoms with Crippen molar-refractivity contribution in [3.8, 4) is 0 Å². The lowest BCUT2D eigenvalue weighted by molar-refractivity contribution is 0.267. The van der Waals surface area contributed by atoms with Gasteiger partial charge in [-0.1, -0.05) is 22.2 Å². The summed E-state index contributed by atoms with van der Waals surface area (Å²) in [6, 6.07) is 0. The minimum atomic E-state index is -2.02. The number of allylic oxidation sites excluding steroid dienone is 2. The predicted octanol–water partition coefficient (Wildman–Crippen LogP) is 1.10. The van der Waals surface area contributed by atoms with Crippen LogP contribution in [0.4, 0.5) is 4.79 Å². The van der Waals surface area contributed by atoms with E-state index in [1.807, 2.05) is 0 Å². The van der Waals surface area contributed by atoms with E-state index in [-0.39, 0.29) is 0 Å². The van der Waals surface area contributed by atoms with E-state index >= 15 is 0 Å². The van der Waals surface area contributed by atoms with E-state index in [9.17, 15) is 9.59 Å². The highest BCUT2D eigenvalue weighted by Crippen LogP contribution is 2.50. The lowest BCUT2D eigenvalue weighted by Gasteiger charge is -2.17. The monoisotopic (exact) mass is 157 g/mol. The number of hydrogen-bond donors (Lipinski definition) is 1. The third-order valence-electron chi connectivity index (χ3n) is 1.23. The zero-order valence-electron chi connectivity index (χ0n) is 5.19. The van der Waals surface area contributed by atoms with E-state index in [4.69, 9.17) is 5.73 Å². The third-order valence-corrected chi connectivity index (χ3v) is 3.46. The molecule has 10 heavy (non-hydrogen) atoms. The number of hydrogen-bond acceptors (Lipinski definition) is 2. The van der Waals surface area contributed by atoms with Crippen molar-refractivity contribution in [3.63, 3.8) is 0 Å². The van der Waals surface area contributed by atoms with Gasteiger partial charge in [-0.2, -0.15) is 0 Å². The fraction of sp³-hybridized carbons (Fsp3) is 0. The number of nitrogens with two attached hydrogens (primary N) is 1. The van der Waals surface area contributed by atoms with E-state index < -0.39 is 15.3 Å². The first-order valence-corrected chi connectivity index (χ1v) is 4.46. The van der Waals surface area contributed by atoms with Crippen molar-refractivity contribution < 1.29 is 9.59 Å². The molecule has 1 amide bonds. The Morgan fingerprint density at radius 2 is 1.90 bits per heavy atom. The first-order valence-electron chi connectivity index (χ1n) is 2.64. The maximum absolute atomic E-state index is 10.7. The van der Waals surface area contributed by atoms with E-state index in [1.165, 1.54) is 0 Å². The molecule has 54 valence electrons. The van der Waals surface area contributed by atoms with Crippen LogP contribution in [0.1, 0.15) is 0 Å². The number of primary amides is 1. The van der Waals surface area contributed by atoms with E-state index in [0.29, 0.717) is 5.62 Å². The Hall–Kier alpha value is -1.03. The van der Waals surface area contributed by atoms with Gasteiger partial charge < -0.3 is 5.73 Å². The van der Waals surface area contributed by atoms with E-state index in [1.54, 1.807) is 23.0 Å². The molecule has 0 unspecified atom stereocenters. The zero-order valence-corrected chi connectivity index (χ0v) is 6.01. The van der Waals surface area contributed by atoms with Gasteiger partial charge in [-0.25, -0.2) is 0 Å². The molecule has 2 N–H and O–H groups in total. The normalized spacial score (nSPS) is 22.4. The average Bonchev–Trinajstić information content (AvgIpc) is 2.35. The molecule has 1 rings (SSSR count). The molecule has 4 heteroatoms. The van der Waals surface area contributed by atoms with Crippen LogP contribution in [0.2, 0.25) is 0 Å². The summed E-state index contributed by atoms with van der Waals surface area (Å²) in [6.45, 7) is 0. The van der Waals surface area contributed by atoms with Gasteiger partial charge in [-0.05, 0) is 10.8 Å². The summed E-state index contributed by atoms with van der Waals surface area (Å²) in [5.41, 5.74) is 5.63. The third kappa shape index (κ3) is 0.863. The predicted molar refractivity (Wildman–Crippen MR) is 42.2 cm³/mol. The molecule has 0 fully saturated rings. The minimum Gasteiger partial charge on any atom is -0.361 e. The van der Waals surface area contributed by atoms with Gasteiger partial charge in [-0.15, -0.1) is 0 Å². The van der Waals surface area contributed by atoms with Crippen molar-refractivity contribution in [1.82, 2.24) is 0 Å². The Balaban J connectivity index is 3.01. The summed E-state index contributed by atoms with van der Waals surface area (Å²) in [6.07, 6.45) is 3.32. The Morgan fingerprint density at radius 1 is 1.40 bits per heavy atom. The molecule has 1 aliphatic heterocycles. The highest BCUT2D eigenvalue weighted by atomic mass is 32.3. The van der Waals surface area contributed by atoms with Crippen LogP contribution in [0.5, 0.6) is 0 Å². The Labute approximate surface area is 59.9 Å². The zero-order chi connectivity index (χ0) is 7.61. The second kappa shape index (κ2) is 2.30.